The van der Waals surface area contributed by atoms with Gasteiger partial charge in [-0.2, -0.15) is 5.01 Å². The fourth-order valence-electron chi connectivity index (χ4n) is 2.95. The van der Waals surface area contributed by atoms with Gasteiger partial charge in [-0.1, -0.05) is 42.4 Å². The van der Waals surface area contributed by atoms with Gasteiger partial charge >= 0.3 is 5.97 Å². The van der Waals surface area contributed by atoms with Crippen LogP contribution in [0.2, 0.25) is 5.02 Å². The largest absolute Gasteiger partial charge is 0.490 e. The summed E-state index contributed by atoms with van der Waals surface area (Å²) in [5, 5.41) is 10.7. The topological polar surface area (TPSA) is 105 Å². The molecular formula is C23H21ClN2O6S2. The van der Waals surface area contributed by atoms with E-state index >= 15 is 0 Å². The van der Waals surface area contributed by atoms with Crippen molar-refractivity contribution in [1.29, 1.82) is 0 Å². The number of nitrogens with one attached hydrogen (secondary N) is 1. The van der Waals surface area contributed by atoms with Gasteiger partial charge in [0.2, 0.25) is 0 Å². The van der Waals surface area contributed by atoms with Gasteiger partial charge < -0.3 is 14.6 Å². The van der Waals surface area contributed by atoms with E-state index in [1.165, 1.54) is 6.07 Å². The fraction of sp³-hybridized carbons (Fsp3) is 0.217. The van der Waals surface area contributed by atoms with Crippen molar-refractivity contribution in [1.82, 2.24) is 10.4 Å². The summed E-state index contributed by atoms with van der Waals surface area (Å²) in [5.74, 6) is -1.45. The third-order valence-corrected chi connectivity index (χ3v) is 6.11. The molecule has 8 nitrogen and oxygen atoms in total. The zero-order valence-electron chi connectivity index (χ0n) is 18.2. The van der Waals surface area contributed by atoms with Crippen LogP contribution in [0.3, 0.4) is 0 Å². The van der Waals surface area contributed by atoms with Crippen LogP contribution in [0, 0.1) is 0 Å². The van der Waals surface area contributed by atoms with Crippen molar-refractivity contribution in [2.75, 3.05) is 6.61 Å². The van der Waals surface area contributed by atoms with E-state index in [1.807, 2.05) is 0 Å². The van der Waals surface area contributed by atoms with Crippen LogP contribution in [-0.2, 0) is 9.59 Å². The van der Waals surface area contributed by atoms with Crippen molar-refractivity contribution in [2.45, 2.75) is 26.4 Å². The maximum Gasteiger partial charge on any atom is 0.344 e. The second-order valence-electron chi connectivity index (χ2n) is 6.96. The lowest BCUT2D eigenvalue weighted by atomic mass is 10.1. The predicted octanol–water partition coefficient (Wildman–Crippen LogP) is 4.53. The number of hydrogen-bond donors (Lipinski definition) is 2. The van der Waals surface area contributed by atoms with Crippen LogP contribution in [0.5, 0.6) is 11.5 Å². The lowest BCUT2D eigenvalue weighted by Gasteiger charge is -2.17. The van der Waals surface area contributed by atoms with Crippen LogP contribution in [0.1, 0.15) is 36.2 Å². The summed E-state index contributed by atoms with van der Waals surface area (Å²) in [6, 6.07) is 11.2. The number of amides is 2. The number of hydrogen-bond acceptors (Lipinski definition) is 7. The van der Waals surface area contributed by atoms with Crippen LogP contribution < -0.4 is 14.9 Å². The molecule has 11 heteroatoms. The van der Waals surface area contributed by atoms with E-state index in [2.05, 4.69) is 5.43 Å². The van der Waals surface area contributed by atoms with Gasteiger partial charge in [-0.3, -0.25) is 15.0 Å². The van der Waals surface area contributed by atoms with Gasteiger partial charge in [0, 0.05) is 10.6 Å². The molecular weight excluding hydrogens is 500 g/mol. The van der Waals surface area contributed by atoms with Gasteiger partial charge in [-0.05, 0) is 67.5 Å². The minimum Gasteiger partial charge on any atom is -0.490 e. The number of benzene rings is 2. The Morgan fingerprint density at radius 1 is 1.24 bits per heavy atom. The first kappa shape index (κ1) is 25.5. The number of thiocarbonyl (C=S) groups is 1. The van der Waals surface area contributed by atoms with Crippen LogP contribution in [0.4, 0.5) is 0 Å². The number of ether oxygens (including phenoxy) is 2. The Morgan fingerprint density at radius 2 is 2.00 bits per heavy atom. The van der Waals surface area contributed by atoms with E-state index in [0.717, 1.165) is 16.8 Å². The highest BCUT2D eigenvalue weighted by Gasteiger charge is 2.34. The van der Waals surface area contributed by atoms with E-state index in [4.69, 9.17) is 33.3 Å². The van der Waals surface area contributed by atoms with Crippen LogP contribution in [0.15, 0.2) is 47.4 Å². The number of thioether (sulfide) groups is 1. The van der Waals surface area contributed by atoms with E-state index in [1.54, 1.807) is 56.3 Å². The first-order valence-electron chi connectivity index (χ1n) is 10.2. The summed E-state index contributed by atoms with van der Waals surface area (Å²) < 4.78 is 11.4. The Hall–Kier alpha value is -3.08. The third kappa shape index (κ3) is 6.07. The molecule has 1 atom stereocenters. The minimum atomic E-state index is -1.07. The summed E-state index contributed by atoms with van der Waals surface area (Å²) in [6.07, 6.45) is 0.877. The molecule has 1 aliphatic rings. The standard InChI is InChI=1S/C23H21ClN2O6S2/c1-3-16(22(29)30)32-17-9-8-13(10-18(17)31-4-2)11-19-21(28)26(23(33)34-19)25-20(27)14-6-5-7-15(24)12-14/h5-12,16H,3-4H2,1-2H3,(H,25,27)(H,29,30)/b19-11+. The predicted molar refractivity (Wildman–Crippen MR) is 134 cm³/mol. The molecule has 178 valence electrons. The summed E-state index contributed by atoms with van der Waals surface area (Å²) in [7, 11) is 0. The van der Waals surface area contributed by atoms with E-state index in [-0.39, 0.29) is 22.1 Å². The van der Waals surface area contributed by atoms with Crippen molar-refractivity contribution in [3.8, 4) is 11.5 Å². The van der Waals surface area contributed by atoms with Gasteiger partial charge in [0.25, 0.3) is 11.8 Å². The van der Waals surface area contributed by atoms with E-state index in [0.29, 0.717) is 27.8 Å². The minimum absolute atomic E-state index is 0.170. The van der Waals surface area contributed by atoms with Gasteiger partial charge in [-0.15, -0.1) is 0 Å². The monoisotopic (exact) mass is 520 g/mol. The summed E-state index contributed by atoms with van der Waals surface area (Å²) in [6.45, 7) is 3.83. The number of halogens is 1. The van der Waals surface area contributed by atoms with Crippen molar-refractivity contribution in [3.63, 3.8) is 0 Å². The molecule has 2 N–H and O–H groups in total. The second kappa shape index (κ2) is 11.4. The van der Waals surface area contributed by atoms with Gasteiger partial charge in [-0.25, -0.2) is 4.79 Å². The maximum atomic E-state index is 12.9. The Kier molecular flexibility index (Phi) is 8.54. The zero-order valence-corrected chi connectivity index (χ0v) is 20.6. The smallest absolute Gasteiger partial charge is 0.344 e. The average molecular weight is 521 g/mol. The highest BCUT2D eigenvalue weighted by atomic mass is 35.5. The first-order chi connectivity index (χ1) is 16.2. The van der Waals surface area contributed by atoms with Crippen molar-refractivity contribution in [3.05, 3.63) is 63.5 Å². The molecule has 1 unspecified atom stereocenters. The van der Waals surface area contributed by atoms with Crippen LogP contribution >= 0.6 is 35.6 Å². The molecule has 2 amide bonds. The molecule has 3 rings (SSSR count). The third-order valence-electron chi connectivity index (χ3n) is 4.57. The maximum absolute atomic E-state index is 12.9. The lowest BCUT2D eigenvalue weighted by molar-refractivity contribution is -0.145. The summed E-state index contributed by atoms with van der Waals surface area (Å²) >= 11 is 12.2. The average Bonchev–Trinajstić information content (AvgIpc) is 3.05. The molecule has 0 spiro atoms. The molecule has 0 aromatic heterocycles. The number of carbonyl (C=O) groups is 3. The van der Waals surface area contributed by atoms with E-state index < -0.39 is 23.9 Å². The quantitative estimate of drug-likeness (QED) is 0.367. The molecule has 2 aromatic carbocycles. The number of carboxylic acid groups (broad SMARTS) is 1. The number of rotatable bonds is 9. The number of hydrazine groups is 1. The molecule has 0 radical (unpaired) electrons. The summed E-state index contributed by atoms with van der Waals surface area (Å²) in [5.41, 5.74) is 3.40. The highest BCUT2D eigenvalue weighted by Crippen LogP contribution is 2.35. The molecule has 2 aromatic rings. The van der Waals surface area contributed by atoms with Gasteiger partial charge in [0.05, 0.1) is 11.5 Å². The van der Waals surface area contributed by atoms with Crippen molar-refractivity contribution < 1.29 is 29.0 Å². The molecule has 0 bridgehead atoms. The summed E-state index contributed by atoms with van der Waals surface area (Å²) in [4.78, 5) is 37.0. The molecule has 0 aliphatic carbocycles. The molecule has 1 heterocycles. The van der Waals surface area contributed by atoms with Gasteiger partial charge in [0.15, 0.2) is 21.9 Å². The van der Waals surface area contributed by atoms with E-state index in [9.17, 15) is 19.5 Å². The Labute approximate surface area is 210 Å². The molecule has 1 fully saturated rings. The van der Waals surface area contributed by atoms with Crippen molar-refractivity contribution >= 4 is 63.8 Å². The van der Waals surface area contributed by atoms with Crippen LogP contribution in [0.25, 0.3) is 6.08 Å². The zero-order chi connectivity index (χ0) is 24.8. The molecule has 34 heavy (non-hydrogen) atoms. The molecule has 0 saturated carbocycles. The highest BCUT2D eigenvalue weighted by molar-refractivity contribution is 8.26. The SMILES string of the molecule is CCOc1cc(/C=C2/SC(=S)N(NC(=O)c3cccc(Cl)c3)C2=O)ccc1OC(CC)C(=O)O. The Bertz CT molecular complexity index is 1170. The Morgan fingerprint density at radius 3 is 2.65 bits per heavy atom. The second-order valence-corrected chi connectivity index (χ2v) is 9.07. The Balaban J connectivity index is 1.80. The normalized spacial score (nSPS) is 15.4. The van der Waals surface area contributed by atoms with Crippen molar-refractivity contribution in [2.24, 2.45) is 0 Å². The molecule has 1 aliphatic heterocycles. The lowest BCUT2D eigenvalue weighted by Crippen LogP contribution is -2.44. The number of nitrogens with zero attached hydrogens (tertiary/aromatic N) is 1. The molecule has 1 saturated heterocycles. The number of carbonyl (C=O) groups excluding carboxylic acids is 2. The number of carboxylic acids is 1. The fourth-order valence-corrected chi connectivity index (χ4v) is 4.32. The van der Waals surface area contributed by atoms with Crippen LogP contribution in [-0.4, -0.2) is 44.9 Å². The van der Waals surface area contributed by atoms with Gasteiger partial charge in [0.1, 0.15) is 0 Å². The number of aliphatic carboxylic acids is 1. The first-order valence-corrected chi connectivity index (χ1v) is 11.8.